The Morgan fingerprint density at radius 2 is 2.24 bits per heavy atom. The summed E-state index contributed by atoms with van der Waals surface area (Å²) in [7, 11) is 0. The Balaban J connectivity index is 0.00000225. The molecular weight excluding hydrogens is 384 g/mol. The maximum atomic E-state index is 13.5. The Bertz CT molecular complexity index is 713. The normalized spacial score (nSPS) is 17.8. The largest absolute Gasteiger partial charge is 0.350 e. The molecule has 2 heterocycles. The molecule has 0 saturated carbocycles. The van der Waals surface area contributed by atoms with Crippen LogP contribution >= 0.6 is 35.3 Å². The zero-order chi connectivity index (χ0) is 16.9. The molecular formula is C17H20Cl2FN3OS. The number of amides is 1. The SMILES string of the molecule is Cl.O=C(CN1CCNCC1c1cccc(F)c1)NCc1ccc(Cl)s1. The Morgan fingerprint density at radius 3 is 2.96 bits per heavy atom. The van der Waals surface area contributed by atoms with Crippen molar-refractivity contribution in [3.63, 3.8) is 0 Å². The summed E-state index contributed by atoms with van der Waals surface area (Å²) in [6.07, 6.45) is 0. The monoisotopic (exact) mass is 403 g/mol. The number of piperazine rings is 1. The van der Waals surface area contributed by atoms with Gasteiger partial charge in [-0.2, -0.15) is 0 Å². The molecule has 2 aromatic rings. The van der Waals surface area contributed by atoms with Crippen LogP contribution in [0.25, 0.3) is 0 Å². The van der Waals surface area contributed by atoms with Gasteiger partial charge in [0.1, 0.15) is 5.82 Å². The number of nitrogens with zero attached hydrogens (tertiary/aromatic N) is 1. The van der Waals surface area contributed by atoms with Gasteiger partial charge in [0.05, 0.1) is 17.4 Å². The van der Waals surface area contributed by atoms with Gasteiger partial charge in [0, 0.05) is 30.6 Å². The van der Waals surface area contributed by atoms with Gasteiger partial charge in [-0.05, 0) is 29.8 Å². The minimum atomic E-state index is -0.253. The fourth-order valence-electron chi connectivity index (χ4n) is 2.85. The Kier molecular flexibility index (Phi) is 7.65. The smallest absolute Gasteiger partial charge is 0.234 e. The number of halogens is 3. The van der Waals surface area contributed by atoms with Crippen molar-refractivity contribution in [3.8, 4) is 0 Å². The molecule has 0 bridgehead atoms. The summed E-state index contributed by atoms with van der Waals surface area (Å²) in [5.74, 6) is -0.292. The summed E-state index contributed by atoms with van der Waals surface area (Å²) in [5, 5.41) is 6.23. The van der Waals surface area contributed by atoms with Crippen LogP contribution in [-0.2, 0) is 11.3 Å². The van der Waals surface area contributed by atoms with Crippen LogP contribution in [0.3, 0.4) is 0 Å². The highest BCUT2D eigenvalue weighted by Crippen LogP contribution is 2.23. The molecule has 1 unspecified atom stereocenters. The Hall–Kier alpha value is -1.18. The van der Waals surface area contributed by atoms with Crippen molar-refractivity contribution in [2.75, 3.05) is 26.2 Å². The van der Waals surface area contributed by atoms with Gasteiger partial charge in [0.2, 0.25) is 5.91 Å². The lowest BCUT2D eigenvalue weighted by Gasteiger charge is -2.36. The first kappa shape index (κ1) is 20.1. The molecule has 1 fully saturated rings. The van der Waals surface area contributed by atoms with Crippen LogP contribution in [0.4, 0.5) is 4.39 Å². The van der Waals surface area contributed by atoms with Crippen molar-refractivity contribution in [2.24, 2.45) is 0 Å². The van der Waals surface area contributed by atoms with Crippen LogP contribution in [0.5, 0.6) is 0 Å². The lowest BCUT2D eigenvalue weighted by atomic mass is 10.0. The second kappa shape index (κ2) is 9.50. The quantitative estimate of drug-likeness (QED) is 0.805. The average Bonchev–Trinajstić information content (AvgIpc) is 2.99. The third kappa shape index (κ3) is 5.66. The average molecular weight is 404 g/mol. The summed E-state index contributed by atoms with van der Waals surface area (Å²) in [6.45, 7) is 3.05. The molecule has 25 heavy (non-hydrogen) atoms. The first-order valence-electron chi connectivity index (χ1n) is 7.83. The summed E-state index contributed by atoms with van der Waals surface area (Å²) in [5.41, 5.74) is 0.889. The van der Waals surface area contributed by atoms with Crippen molar-refractivity contribution < 1.29 is 9.18 Å². The molecule has 1 aliphatic rings. The van der Waals surface area contributed by atoms with Gasteiger partial charge in [-0.15, -0.1) is 23.7 Å². The van der Waals surface area contributed by atoms with E-state index in [9.17, 15) is 9.18 Å². The van der Waals surface area contributed by atoms with Crippen LogP contribution in [-0.4, -0.2) is 37.0 Å². The zero-order valence-electron chi connectivity index (χ0n) is 13.5. The molecule has 1 atom stereocenters. The highest BCUT2D eigenvalue weighted by Gasteiger charge is 2.25. The van der Waals surface area contributed by atoms with Crippen molar-refractivity contribution in [1.82, 2.24) is 15.5 Å². The van der Waals surface area contributed by atoms with Gasteiger partial charge >= 0.3 is 0 Å². The minimum Gasteiger partial charge on any atom is -0.350 e. The molecule has 4 nitrogen and oxygen atoms in total. The molecule has 136 valence electrons. The Morgan fingerprint density at radius 1 is 1.40 bits per heavy atom. The lowest BCUT2D eigenvalue weighted by Crippen LogP contribution is -2.49. The van der Waals surface area contributed by atoms with Crippen LogP contribution in [0.2, 0.25) is 4.34 Å². The predicted molar refractivity (Wildman–Crippen MR) is 102 cm³/mol. The van der Waals surface area contributed by atoms with E-state index < -0.39 is 0 Å². The summed E-state index contributed by atoms with van der Waals surface area (Å²) in [6, 6.07) is 10.3. The molecule has 1 amide bonds. The van der Waals surface area contributed by atoms with Crippen molar-refractivity contribution >= 4 is 41.3 Å². The van der Waals surface area contributed by atoms with E-state index in [4.69, 9.17) is 11.6 Å². The number of nitrogens with one attached hydrogen (secondary N) is 2. The van der Waals surface area contributed by atoms with Crippen molar-refractivity contribution in [1.29, 1.82) is 0 Å². The van der Waals surface area contributed by atoms with E-state index in [0.717, 1.165) is 23.5 Å². The Labute approximate surface area is 161 Å². The second-order valence-electron chi connectivity index (χ2n) is 5.73. The predicted octanol–water partition coefficient (Wildman–Crippen LogP) is 3.23. The first-order valence-corrected chi connectivity index (χ1v) is 9.02. The molecule has 2 N–H and O–H groups in total. The van der Waals surface area contributed by atoms with E-state index in [1.807, 2.05) is 18.2 Å². The lowest BCUT2D eigenvalue weighted by molar-refractivity contribution is -0.123. The van der Waals surface area contributed by atoms with Crippen LogP contribution in [0.15, 0.2) is 36.4 Å². The van der Waals surface area contributed by atoms with Crippen LogP contribution in [0.1, 0.15) is 16.5 Å². The van der Waals surface area contributed by atoms with E-state index in [1.165, 1.54) is 23.5 Å². The fourth-order valence-corrected chi connectivity index (χ4v) is 3.88. The third-order valence-electron chi connectivity index (χ3n) is 4.02. The van der Waals surface area contributed by atoms with E-state index >= 15 is 0 Å². The number of benzene rings is 1. The van der Waals surface area contributed by atoms with Gasteiger partial charge < -0.3 is 10.6 Å². The van der Waals surface area contributed by atoms with Gasteiger partial charge in [-0.1, -0.05) is 23.7 Å². The maximum absolute atomic E-state index is 13.5. The molecule has 1 aliphatic heterocycles. The van der Waals surface area contributed by atoms with Gasteiger partial charge in [-0.25, -0.2) is 4.39 Å². The molecule has 1 saturated heterocycles. The molecule has 0 aliphatic carbocycles. The molecule has 0 radical (unpaired) electrons. The highest BCUT2D eigenvalue weighted by atomic mass is 35.5. The molecule has 1 aromatic heterocycles. The molecule has 8 heteroatoms. The maximum Gasteiger partial charge on any atom is 0.234 e. The number of hydrogen-bond acceptors (Lipinski definition) is 4. The number of hydrogen-bond donors (Lipinski definition) is 2. The van der Waals surface area contributed by atoms with E-state index in [-0.39, 0.29) is 30.2 Å². The van der Waals surface area contributed by atoms with E-state index in [2.05, 4.69) is 15.5 Å². The number of carbonyl (C=O) groups excluding carboxylic acids is 1. The molecule has 1 aromatic carbocycles. The van der Waals surface area contributed by atoms with Gasteiger partial charge in [0.15, 0.2) is 0 Å². The minimum absolute atomic E-state index is 0. The van der Waals surface area contributed by atoms with Crippen molar-refractivity contribution in [2.45, 2.75) is 12.6 Å². The van der Waals surface area contributed by atoms with Crippen LogP contribution in [0, 0.1) is 5.82 Å². The number of carbonyl (C=O) groups is 1. The van der Waals surface area contributed by atoms with E-state index in [1.54, 1.807) is 6.07 Å². The topological polar surface area (TPSA) is 44.4 Å². The summed E-state index contributed by atoms with van der Waals surface area (Å²) in [4.78, 5) is 15.4. The van der Waals surface area contributed by atoms with Crippen molar-refractivity contribution in [3.05, 3.63) is 57.0 Å². The number of thiophene rings is 1. The summed E-state index contributed by atoms with van der Waals surface area (Å²) < 4.78 is 14.2. The highest BCUT2D eigenvalue weighted by molar-refractivity contribution is 7.16. The second-order valence-corrected chi connectivity index (χ2v) is 7.53. The molecule has 0 spiro atoms. The van der Waals surface area contributed by atoms with Crippen LogP contribution < -0.4 is 10.6 Å². The zero-order valence-corrected chi connectivity index (χ0v) is 15.9. The van der Waals surface area contributed by atoms with Gasteiger partial charge in [0.25, 0.3) is 0 Å². The first-order chi connectivity index (χ1) is 11.6. The third-order valence-corrected chi connectivity index (χ3v) is 5.25. The standard InChI is InChI=1S/C17H19ClFN3OS.ClH/c18-16-5-4-14(24-16)9-21-17(23)11-22-7-6-20-10-15(22)12-2-1-3-13(19)8-12;/h1-5,8,15,20H,6-7,9-11H2,(H,21,23);1H. The van der Waals surface area contributed by atoms with E-state index in [0.29, 0.717) is 24.0 Å². The number of rotatable bonds is 5. The summed E-state index contributed by atoms with van der Waals surface area (Å²) >= 11 is 7.35. The van der Waals surface area contributed by atoms with Gasteiger partial charge in [-0.3, -0.25) is 9.69 Å². The molecule has 3 rings (SSSR count). The fraction of sp³-hybridized carbons (Fsp3) is 0.353.